The molecule has 1 heterocycles. The van der Waals surface area contributed by atoms with Gasteiger partial charge in [0.2, 0.25) is 0 Å². The Morgan fingerprint density at radius 2 is 1.86 bits per heavy atom. The summed E-state index contributed by atoms with van der Waals surface area (Å²) in [6, 6.07) is 7.27. The molecule has 0 bridgehead atoms. The van der Waals surface area contributed by atoms with Gasteiger partial charge in [-0.3, -0.25) is 14.5 Å². The molecule has 1 saturated carbocycles. The Balaban J connectivity index is 1.43. The highest BCUT2D eigenvalue weighted by molar-refractivity contribution is 6.07. The van der Waals surface area contributed by atoms with Crippen molar-refractivity contribution in [1.82, 2.24) is 15.5 Å². The van der Waals surface area contributed by atoms with Crippen LogP contribution >= 0.6 is 0 Å². The zero-order chi connectivity index (χ0) is 20.9. The van der Waals surface area contributed by atoms with Gasteiger partial charge in [-0.1, -0.05) is 26.2 Å². The number of urea groups is 1. The standard InChI is InChI=1S/C22H32N4O3/c1-3-4-15-25(2)18-10-8-17(9-11-18)19(27)23-14-7-16-26-20(28)22(24-21(26)29)12-5-6-13-22/h8-11H,3-7,12-16H2,1-2H3,(H,23,27)(H,24,29). The van der Waals surface area contributed by atoms with Crippen LogP contribution in [-0.2, 0) is 4.79 Å². The van der Waals surface area contributed by atoms with E-state index < -0.39 is 5.54 Å². The maximum atomic E-state index is 12.6. The Morgan fingerprint density at radius 1 is 1.17 bits per heavy atom. The average Bonchev–Trinajstić information content (AvgIpc) is 3.29. The van der Waals surface area contributed by atoms with Crippen LogP contribution in [0.1, 0.15) is 62.2 Å². The summed E-state index contributed by atoms with van der Waals surface area (Å²) in [5.41, 5.74) is 1.04. The van der Waals surface area contributed by atoms with Crippen LogP contribution in [0.4, 0.5) is 10.5 Å². The Kier molecular flexibility index (Phi) is 6.77. The zero-order valence-corrected chi connectivity index (χ0v) is 17.5. The highest BCUT2D eigenvalue weighted by Gasteiger charge is 2.51. The SMILES string of the molecule is CCCCN(C)c1ccc(C(=O)NCCCN2C(=O)NC3(CCCC3)C2=O)cc1. The lowest BCUT2D eigenvalue weighted by Gasteiger charge is -2.20. The molecule has 158 valence electrons. The first-order chi connectivity index (χ1) is 14.0. The van der Waals surface area contributed by atoms with E-state index >= 15 is 0 Å². The second-order valence-corrected chi connectivity index (χ2v) is 8.11. The molecule has 3 rings (SSSR count). The van der Waals surface area contributed by atoms with Crippen molar-refractivity contribution in [2.45, 2.75) is 57.4 Å². The second kappa shape index (κ2) is 9.29. The summed E-state index contributed by atoms with van der Waals surface area (Å²) in [6.45, 7) is 3.90. The molecule has 1 aromatic carbocycles. The summed E-state index contributed by atoms with van der Waals surface area (Å²) >= 11 is 0. The summed E-state index contributed by atoms with van der Waals surface area (Å²) in [6.07, 6.45) is 6.24. The first-order valence-electron chi connectivity index (χ1n) is 10.7. The van der Waals surface area contributed by atoms with Crippen LogP contribution in [0.3, 0.4) is 0 Å². The molecule has 1 aliphatic carbocycles. The predicted molar refractivity (Wildman–Crippen MR) is 113 cm³/mol. The van der Waals surface area contributed by atoms with Gasteiger partial charge in [-0.15, -0.1) is 0 Å². The number of unbranched alkanes of at least 4 members (excludes halogenated alkanes) is 1. The lowest BCUT2D eigenvalue weighted by atomic mass is 9.98. The fourth-order valence-corrected chi connectivity index (χ4v) is 4.13. The van der Waals surface area contributed by atoms with E-state index in [0.29, 0.717) is 25.1 Å². The minimum atomic E-state index is -0.660. The van der Waals surface area contributed by atoms with Gasteiger partial charge in [0.05, 0.1) is 0 Å². The molecule has 2 aliphatic rings. The third kappa shape index (κ3) is 4.71. The van der Waals surface area contributed by atoms with Crippen molar-refractivity contribution < 1.29 is 14.4 Å². The quantitative estimate of drug-likeness (QED) is 0.493. The molecule has 2 N–H and O–H groups in total. The summed E-state index contributed by atoms with van der Waals surface area (Å²) in [5.74, 6) is -0.244. The van der Waals surface area contributed by atoms with Crippen LogP contribution in [0.2, 0.25) is 0 Å². The fraction of sp³-hybridized carbons (Fsp3) is 0.591. The van der Waals surface area contributed by atoms with Gasteiger partial charge in [0.1, 0.15) is 5.54 Å². The van der Waals surface area contributed by atoms with E-state index in [1.165, 1.54) is 4.90 Å². The van der Waals surface area contributed by atoms with Gasteiger partial charge in [0, 0.05) is 37.9 Å². The van der Waals surface area contributed by atoms with E-state index in [4.69, 9.17) is 0 Å². The molecule has 0 unspecified atom stereocenters. The highest BCUT2D eigenvalue weighted by Crippen LogP contribution is 2.34. The van der Waals surface area contributed by atoms with Crippen LogP contribution in [0.25, 0.3) is 0 Å². The summed E-state index contributed by atoms with van der Waals surface area (Å²) < 4.78 is 0. The molecule has 0 radical (unpaired) electrons. The first kappa shape index (κ1) is 21.1. The van der Waals surface area contributed by atoms with Gasteiger partial charge in [0.15, 0.2) is 0 Å². The first-order valence-corrected chi connectivity index (χ1v) is 10.7. The van der Waals surface area contributed by atoms with Crippen LogP contribution in [0, 0.1) is 0 Å². The van der Waals surface area contributed by atoms with Crippen LogP contribution in [0.15, 0.2) is 24.3 Å². The van der Waals surface area contributed by atoms with Gasteiger partial charge in [-0.05, 0) is 49.9 Å². The maximum Gasteiger partial charge on any atom is 0.325 e. The van der Waals surface area contributed by atoms with Crippen LogP contribution in [0.5, 0.6) is 0 Å². The number of imide groups is 1. The monoisotopic (exact) mass is 400 g/mol. The molecular weight excluding hydrogens is 368 g/mol. The van der Waals surface area contributed by atoms with Crippen molar-refractivity contribution in [3.8, 4) is 0 Å². The topological polar surface area (TPSA) is 81.8 Å². The fourth-order valence-electron chi connectivity index (χ4n) is 4.13. The zero-order valence-electron chi connectivity index (χ0n) is 17.5. The van der Waals surface area contributed by atoms with Gasteiger partial charge < -0.3 is 15.5 Å². The number of hydrogen-bond donors (Lipinski definition) is 2. The number of carbonyl (C=O) groups is 3. The Morgan fingerprint density at radius 3 is 2.52 bits per heavy atom. The van der Waals surface area contributed by atoms with E-state index in [1.54, 1.807) is 0 Å². The molecule has 7 heteroatoms. The van der Waals surface area contributed by atoms with Crippen molar-refractivity contribution in [3.05, 3.63) is 29.8 Å². The average molecular weight is 401 g/mol. The molecule has 29 heavy (non-hydrogen) atoms. The van der Waals surface area contributed by atoms with E-state index in [-0.39, 0.29) is 17.8 Å². The number of hydrogen-bond acceptors (Lipinski definition) is 4. The normalized spacial score (nSPS) is 17.7. The minimum Gasteiger partial charge on any atom is -0.375 e. The molecule has 1 spiro atoms. The van der Waals surface area contributed by atoms with Crippen molar-refractivity contribution in [2.24, 2.45) is 0 Å². The van der Waals surface area contributed by atoms with Crippen molar-refractivity contribution in [1.29, 1.82) is 0 Å². The van der Waals surface area contributed by atoms with E-state index in [9.17, 15) is 14.4 Å². The summed E-state index contributed by atoms with van der Waals surface area (Å²) in [5, 5.41) is 5.75. The lowest BCUT2D eigenvalue weighted by Crippen LogP contribution is -2.44. The summed E-state index contributed by atoms with van der Waals surface area (Å²) in [4.78, 5) is 40.6. The predicted octanol–water partition coefficient (Wildman–Crippen LogP) is 2.91. The number of nitrogens with one attached hydrogen (secondary N) is 2. The number of anilines is 1. The largest absolute Gasteiger partial charge is 0.375 e. The van der Waals surface area contributed by atoms with Crippen LogP contribution < -0.4 is 15.5 Å². The molecular formula is C22H32N4O3. The molecule has 0 aromatic heterocycles. The van der Waals surface area contributed by atoms with E-state index in [1.807, 2.05) is 24.3 Å². The third-order valence-electron chi connectivity index (χ3n) is 5.96. The number of benzene rings is 1. The number of nitrogens with zero attached hydrogens (tertiary/aromatic N) is 2. The molecule has 2 fully saturated rings. The Labute approximate surface area is 172 Å². The minimum absolute atomic E-state index is 0.103. The van der Waals surface area contributed by atoms with Crippen molar-refractivity contribution >= 4 is 23.5 Å². The Hall–Kier alpha value is -2.57. The molecule has 0 atom stereocenters. The number of rotatable bonds is 9. The number of carbonyl (C=O) groups excluding carboxylic acids is 3. The van der Waals surface area contributed by atoms with Gasteiger partial charge in [-0.2, -0.15) is 0 Å². The highest BCUT2D eigenvalue weighted by atomic mass is 16.2. The molecule has 1 saturated heterocycles. The molecule has 7 nitrogen and oxygen atoms in total. The number of amides is 4. The van der Waals surface area contributed by atoms with E-state index in [2.05, 4.69) is 29.5 Å². The lowest BCUT2D eigenvalue weighted by molar-refractivity contribution is -0.131. The van der Waals surface area contributed by atoms with Gasteiger partial charge >= 0.3 is 6.03 Å². The Bertz CT molecular complexity index is 741. The molecule has 1 aromatic rings. The van der Waals surface area contributed by atoms with Gasteiger partial charge in [-0.25, -0.2) is 4.79 Å². The van der Waals surface area contributed by atoms with Gasteiger partial charge in [0.25, 0.3) is 11.8 Å². The summed E-state index contributed by atoms with van der Waals surface area (Å²) in [7, 11) is 2.05. The molecule has 1 aliphatic heterocycles. The second-order valence-electron chi connectivity index (χ2n) is 8.11. The van der Waals surface area contributed by atoms with Crippen molar-refractivity contribution in [2.75, 3.05) is 31.6 Å². The maximum absolute atomic E-state index is 12.6. The molecule has 4 amide bonds. The smallest absolute Gasteiger partial charge is 0.325 e. The van der Waals surface area contributed by atoms with Crippen LogP contribution in [-0.4, -0.2) is 55.0 Å². The van der Waals surface area contributed by atoms with Crippen molar-refractivity contribution in [3.63, 3.8) is 0 Å². The van der Waals surface area contributed by atoms with E-state index in [0.717, 1.165) is 50.8 Å². The third-order valence-corrected chi connectivity index (χ3v) is 5.96.